The van der Waals surface area contributed by atoms with Gasteiger partial charge in [-0.3, -0.25) is 0 Å². The van der Waals surface area contributed by atoms with Gasteiger partial charge in [-0.1, -0.05) is 6.07 Å². The molecule has 0 unspecified atom stereocenters. The molecule has 0 amide bonds. The summed E-state index contributed by atoms with van der Waals surface area (Å²) in [6, 6.07) is 5.08. The van der Waals surface area contributed by atoms with E-state index in [9.17, 15) is 5.11 Å². The molecule has 0 saturated heterocycles. The fraction of sp³-hybridized carbons (Fsp3) is 0.417. The number of hydrogen-bond acceptors (Lipinski definition) is 4. The molecule has 0 fully saturated rings. The minimum atomic E-state index is -0.247. The van der Waals surface area contributed by atoms with Crippen molar-refractivity contribution in [2.75, 3.05) is 13.7 Å². The lowest BCUT2D eigenvalue weighted by Crippen LogP contribution is -2.17. The Morgan fingerprint density at radius 1 is 1.44 bits per heavy atom. The summed E-state index contributed by atoms with van der Waals surface area (Å²) < 4.78 is 10.7. The SMILES string of the molecule is COc1cccc(O)c1C1=NC(C)(C)CO1. The third-order valence-corrected chi connectivity index (χ3v) is 2.40. The highest BCUT2D eigenvalue weighted by molar-refractivity contribution is 6.00. The number of phenols is 1. The van der Waals surface area contributed by atoms with Gasteiger partial charge in [0.15, 0.2) is 0 Å². The van der Waals surface area contributed by atoms with E-state index in [1.54, 1.807) is 25.3 Å². The molecule has 1 aromatic rings. The molecule has 0 saturated carbocycles. The van der Waals surface area contributed by atoms with Gasteiger partial charge in [-0.15, -0.1) is 0 Å². The highest BCUT2D eigenvalue weighted by Crippen LogP contribution is 2.32. The number of aromatic hydroxyl groups is 1. The summed E-state index contributed by atoms with van der Waals surface area (Å²) in [5.74, 6) is 1.13. The Kier molecular flexibility index (Phi) is 2.50. The van der Waals surface area contributed by atoms with Crippen molar-refractivity contribution in [2.24, 2.45) is 4.99 Å². The van der Waals surface area contributed by atoms with Crippen LogP contribution in [-0.2, 0) is 4.74 Å². The zero-order chi connectivity index (χ0) is 11.8. The Hall–Kier alpha value is -1.71. The summed E-state index contributed by atoms with van der Waals surface area (Å²) in [5, 5.41) is 9.81. The molecular weight excluding hydrogens is 206 g/mol. The van der Waals surface area contributed by atoms with Crippen LogP contribution in [0.4, 0.5) is 0 Å². The van der Waals surface area contributed by atoms with Gasteiger partial charge in [-0.25, -0.2) is 4.99 Å². The van der Waals surface area contributed by atoms with Crippen LogP contribution in [0.3, 0.4) is 0 Å². The van der Waals surface area contributed by atoms with Crippen molar-refractivity contribution >= 4 is 5.90 Å². The zero-order valence-electron chi connectivity index (χ0n) is 9.65. The average molecular weight is 221 g/mol. The molecule has 0 aromatic heterocycles. The second kappa shape index (κ2) is 3.70. The van der Waals surface area contributed by atoms with Crippen LogP contribution in [0.25, 0.3) is 0 Å². The van der Waals surface area contributed by atoms with Gasteiger partial charge < -0.3 is 14.6 Å². The molecule has 1 heterocycles. The van der Waals surface area contributed by atoms with E-state index < -0.39 is 0 Å². The first kappa shape index (κ1) is 10.8. The predicted molar refractivity (Wildman–Crippen MR) is 61.2 cm³/mol. The summed E-state index contributed by atoms with van der Waals surface area (Å²) in [6.07, 6.45) is 0. The molecule has 86 valence electrons. The van der Waals surface area contributed by atoms with Crippen LogP contribution < -0.4 is 4.74 Å². The Morgan fingerprint density at radius 2 is 2.19 bits per heavy atom. The number of hydrogen-bond donors (Lipinski definition) is 1. The van der Waals surface area contributed by atoms with E-state index >= 15 is 0 Å². The molecule has 0 bridgehead atoms. The smallest absolute Gasteiger partial charge is 0.224 e. The molecule has 1 N–H and O–H groups in total. The fourth-order valence-corrected chi connectivity index (χ4v) is 1.62. The first-order valence-electron chi connectivity index (χ1n) is 5.12. The number of ether oxygens (including phenoxy) is 2. The summed E-state index contributed by atoms with van der Waals surface area (Å²) in [7, 11) is 1.55. The molecule has 16 heavy (non-hydrogen) atoms. The molecule has 1 aromatic carbocycles. The fourth-order valence-electron chi connectivity index (χ4n) is 1.62. The molecule has 1 aliphatic heterocycles. The van der Waals surface area contributed by atoms with Gasteiger partial charge in [0, 0.05) is 0 Å². The first-order chi connectivity index (χ1) is 7.53. The Labute approximate surface area is 94.5 Å². The lowest BCUT2D eigenvalue weighted by atomic mass is 10.1. The van der Waals surface area contributed by atoms with Crippen molar-refractivity contribution in [3.05, 3.63) is 23.8 Å². The number of nitrogens with zero attached hydrogens (tertiary/aromatic N) is 1. The molecule has 0 atom stereocenters. The molecule has 0 spiro atoms. The van der Waals surface area contributed by atoms with Crippen LogP contribution in [0.2, 0.25) is 0 Å². The van der Waals surface area contributed by atoms with Crippen LogP contribution >= 0.6 is 0 Å². The minimum Gasteiger partial charge on any atom is -0.507 e. The quantitative estimate of drug-likeness (QED) is 0.830. The summed E-state index contributed by atoms with van der Waals surface area (Å²) in [4.78, 5) is 4.41. The number of methoxy groups -OCH3 is 1. The highest BCUT2D eigenvalue weighted by atomic mass is 16.5. The standard InChI is InChI=1S/C12H15NO3/c1-12(2)7-16-11(13-12)10-8(14)5-4-6-9(10)15-3/h4-6,14H,7H2,1-3H3. The van der Waals surface area contributed by atoms with E-state index in [4.69, 9.17) is 9.47 Å². The second-order valence-corrected chi connectivity index (χ2v) is 4.37. The molecule has 2 rings (SSSR count). The summed E-state index contributed by atoms with van der Waals surface area (Å²) in [6.45, 7) is 4.47. The van der Waals surface area contributed by atoms with Gasteiger partial charge in [0.25, 0.3) is 0 Å². The van der Waals surface area contributed by atoms with E-state index in [2.05, 4.69) is 4.99 Å². The maximum absolute atomic E-state index is 9.81. The highest BCUT2D eigenvalue weighted by Gasteiger charge is 2.30. The van der Waals surface area contributed by atoms with Gasteiger partial charge in [0.1, 0.15) is 23.7 Å². The van der Waals surface area contributed by atoms with E-state index in [1.165, 1.54) is 0 Å². The van der Waals surface area contributed by atoms with Crippen molar-refractivity contribution in [3.63, 3.8) is 0 Å². The molecule has 0 radical (unpaired) electrons. The Morgan fingerprint density at radius 3 is 2.75 bits per heavy atom. The topological polar surface area (TPSA) is 51.0 Å². The van der Waals surface area contributed by atoms with Crippen molar-refractivity contribution < 1.29 is 14.6 Å². The van der Waals surface area contributed by atoms with Gasteiger partial charge >= 0.3 is 0 Å². The van der Waals surface area contributed by atoms with Crippen molar-refractivity contribution in [2.45, 2.75) is 19.4 Å². The van der Waals surface area contributed by atoms with E-state index in [1.807, 2.05) is 13.8 Å². The second-order valence-electron chi connectivity index (χ2n) is 4.37. The van der Waals surface area contributed by atoms with Crippen molar-refractivity contribution in [3.8, 4) is 11.5 Å². The Bertz CT molecular complexity index is 438. The van der Waals surface area contributed by atoms with E-state index in [0.29, 0.717) is 23.8 Å². The largest absolute Gasteiger partial charge is 0.507 e. The molecule has 0 aliphatic carbocycles. The number of rotatable bonds is 2. The van der Waals surface area contributed by atoms with Gasteiger partial charge in [-0.05, 0) is 26.0 Å². The van der Waals surface area contributed by atoms with Crippen molar-refractivity contribution in [1.29, 1.82) is 0 Å². The maximum Gasteiger partial charge on any atom is 0.224 e. The first-order valence-corrected chi connectivity index (χ1v) is 5.12. The Balaban J connectivity index is 2.49. The van der Waals surface area contributed by atoms with Crippen LogP contribution in [0, 0.1) is 0 Å². The number of phenolic OH excluding ortho intramolecular Hbond substituents is 1. The number of aliphatic imine (C=N–C) groups is 1. The zero-order valence-corrected chi connectivity index (χ0v) is 9.65. The van der Waals surface area contributed by atoms with Crippen LogP contribution in [0.1, 0.15) is 19.4 Å². The van der Waals surface area contributed by atoms with Gasteiger partial charge in [-0.2, -0.15) is 0 Å². The molecule has 4 heteroatoms. The van der Waals surface area contributed by atoms with Crippen LogP contribution in [-0.4, -0.2) is 30.3 Å². The third kappa shape index (κ3) is 1.83. The van der Waals surface area contributed by atoms with Gasteiger partial charge in [0.05, 0.1) is 12.6 Å². The third-order valence-electron chi connectivity index (χ3n) is 2.40. The van der Waals surface area contributed by atoms with Crippen LogP contribution in [0.5, 0.6) is 11.5 Å². The number of benzene rings is 1. The molecular formula is C12H15NO3. The summed E-state index contributed by atoms with van der Waals surface area (Å²) in [5.41, 5.74) is 0.276. The molecule has 1 aliphatic rings. The normalized spacial score (nSPS) is 17.8. The lowest BCUT2D eigenvalue weighted by molar-refractivity contribution is 0.278. The molecule has 4 nitrogen and oxygen atoms in total. The summed E-state index contributed by atoms with van der Waals surface area (Å²) >= 11 is 0. The van der Waals surface area contributed by atoms with Crippen LogP contribution in [0.15, 0.2) is 23.2 Å². The van der Waals surface area contributed by atoms with Crippen molar-refractivity contribution in [1.82, 2.24) is 0 Å². The van der Waals surface area contributed by atoms with Gasteiger partial charge in [0.2, 0.25) is 5.90 Å². The monoisotopic (exact) mass is 221 g/mol. The van der Waals surface area contributed by atoms with E-state index in [-0.39, 0.29) is 11.3 Å². The average Bonchev–Trinajstić information content (AvgIpc) is 2.58. The minimum absolute atomic E-state index is 0.121. The maximum atomic E-state index is 9.81. The predicted octanol–water partition coefficient (Wildman–Crippen LogP) is 1.96. The lowest BCUT2D eigenvalue weighted by Gasteiger charge is -2.09. The van der Waals surface area contributed by atoms with E-state index in [0.717, 1.165) is 0 Å².